The number of alkyl halides is 3. The predicted molar refractivity (Wildman–Crippen MR) is 131 cm³/mol. The van der Waals surface area contributed by atoms with Crippen LogP contribution < -0.4 is 9.84 Å². The fourth-order valence-corrected chi connectivity index (χ4v) is 5.35. The van der Waals surface area contributed by atoms with Crippen molar-refractivity contribution in [3.05, 3.63) is 84.9 Å². The van der Waals surface area contributed by atoms with Gasteiger partial charge in [0.05, 0.1) is 17.5 Å². The summed E-state index contributed by atoms with van der Waals surface area (Å²) in [6.45, 7) is 3.07. The van der Waals surface area contributed by atoms with Gasteiger partial charge in [-0.25, -0.2) is 0 Å². The molecule has 0 aliphatic heterocycles. The van der Waals surface area contributed by atoms with Gasteiger partial charge in [-0.1, -0.05) is 75.4 Å². The van der Waals surface area contributed by atoms with Crippen molar-refractivity contribution in [3.8, 4) is 5.75 Å². The Labute approximate surface area is 208 Å². The van der Waals surface area contributed by atoms with E-state index in [1.165, 1.54) is 46.8 Å². The van der Waals surface area contributed by atoms with Gasteiger partial charge in [-0.2, -0.15) is 13.2 Å². The molecule has 0 saturated carbocycles. The summed E-state index contributed by atoms with van der Waals surface area (Å²) in [5, 5.41) is 8.78. The Bertz CT molecular complexity index is 938. The van der Waals surface area contributed by atoms with Gasteiger partial charge in [0.25, 0.3) is 0 Å². The lowest BCUT2D eigenvalue weighted by molar-refractivity contribution is -0.344. The van der Waals surface area contributed by atoms with Gasteiger partial charge in [0, 0.05) is 0 Å². The Hall–Kier alpha value is -2.93. The lowest BCUT2D eigenvalue weighted by Gasteiger charge is -2.09. The molecule has 0 fully saturated rings. The maximum atomic E-state index is 10.5. The van der Waals surface area contributed by atoms with E-state index < -0.39 is 12.1 Å². The summed E-state index contributed by atoms with van der Waals surface area (Å²) < 4.78 is 37.5. The number of carbonyl (C=O) groups is 1. The van der Waals surface area contributed by atoms with Crippen LogP contribution in [0, 0.1) is 0 Å². The van der Waals surface area contributed by atoms with Crippen molar-refractivity contribution in [2.75, 3.05) is 6.61 Å². The van der Waals surface area contributed by atoms with Crippen LogP contribution in [0.2, 0.25) is 0 Å². The highest BCUT2D eigenvalue weighted by molar-refractivity contribution is 7.97. The summed E-state index contributed by atoms with van der Waals surface area (Å²) >= 11 is 0. The molecule has 7 heteroatoms. The van der Waals surface area contributed by atoms with Crippen LogP contribution in [0.3, 0.4) is 0 Å². The topological polar surface area (TPSA) is 49.4 Å². The first-order valence-electron chi connectivity index (χ1n) is 11.7. The largest absolute Gasteiger partial charge is 0.542 e. The quantitative estimate of drug-likeness (QED) is 0.213. The third-order valence-electron chi connectivity index (χ3n) is 5.02. The van der Waals surface area contributed by atoms with Crippen LogP contribution in [0.25, 0.3) is 0 Å². The van der Waals surface area contributed by atoms with E-state index in [1.807, 2.05) is 0 Å². The number of ether oxygens (including phenoxy) is 1. The van der Waals surface area contributed by atoms with Gasteiger partial charge in [-0.3, -0.25) is 0 Å². The van der Waals surface area contributed by atoms with Crippen LogP contribution in [0.5, 0.6) is 5.75 Å². The van der Waals surface area contributed by atoms with Gasteiger partial charge in [-0.05, 0) is 55.0 Å². The first kappa shape index (κ1) is 28.3. The van der Waals surface area contributed by atoms with Gasteiger partial charge in [0.2, 0.25) is 0 Å². The third-order valence-corrected chi connectivity index (χ3v) is 7.25. The van der Waals surface area contributed by atoms with Crippen molar-refractivity contribution in [2.45, 2.75) is 66.3 Å². The van der Waals surface area contributed by atoms with Crippen molar-refractivity contribution < 1.29 is 27.8 Å². The summed E-state index contributed by atoms with van der Waals surface area (Å²) in [7, 11) is -0.0906. The minimum absolute atomic E-state index is 0.0906. The molecule has 0 heterocycles. The lowest BCUT2D eigenvalue weighted by Crippen LogP contribution is -2.37. The first-order valence-corrected chi connectivity index (χ1v) is 12.9. The second-order valence-electron chi connectivity index (χ2n) is 7.81. The molecule has 0 N–H and O–H groups in total. The van der Waals surface area contributed by atoms with Crippen molar-refractivity contribution in [2.24, 2.45) is 0 Å². The zero-order valence-electron chi connectivity index (χ0n) is 19.8. The van der Waals surface area contributed by atoms with Crippen molar-refractivity contribution in [3.63, 3.8) is 0 Å². The average molecular weight is 505 g/mol. The van der Waals surface area contributed by atoms with E-state index in [0.717, 1.165) is 18.8 Å². The fourth-order valence-electron chi connectivity index (χ4n) is 3.27. The van der Waals surface area contributed by atoms with E-state index >= 15 is 0 Å². The van der Waals surface area contributed by atoms with Crippen LogP contribution in [-0.4, -0.2) is 18.8 Å². The average Bonchev–Trinajstić information content (AvgIpc) is 2.86. The zero-order valence-corrected chi connectivity index (χ0v) is 20.6. The molecule has 3 rings (SSSR count). The predicted octanol–water partition coefficient (Wildman–Crippen LogP) is 6.82. The molecular weight excluding hydrogens is 473 g/mol. The first-order chi connectivity index (χ1) is 16.8. The number of unbranched alkanes of at least 4 members (excludes halogenated alkanes) is 5. The second-order valence-corrected chi connectivity index (χ2v) is 9.83. The van der Waals surface area contributed by atoms with Crippen LogP contribution in [-0.2, 0) is 15.7 Å². The molecule has 0 atom stereocenters. The Morgan fingerprint density at radius 3 is 1.63 bits per heavy atom. The number of aliphatic carboxylic acids is 1. The number of carbonyl (C=O) groups excluding carboxylic acids is 1. The van der Waals surface area contributed by atoms with Crippen molar-refractivity contribution in [1.29, 1.82) is 0 Å². The number of hydrogen-bond acceptors (Lipinski definition) is 3. The van der Waals surface area contributed by atoms with E-state index in [2.05, 4.69) is 91.9 Å². The number of rotatable bonds is 11. The molecule has 0 bridgehead atoms. The number of hydrogen-bond donors (Lipinski definition) is 0. The molecule has 3 aromatic rings. The second kappa shape index (κ2) is 15.1. The number of carboxylic acid groups (broad SMARTS) is 1. The molecular formula is C28H31F3O3S. The van der Waals surface area contributed by atoms with Gasteiger partial charge < -0.3 is 14.6 Å². The highest BCUT2D eigenvalue weighted by atomic mass is 32.2. The standard InChI is InChI=1S/C26H31OS.C2HF3O2/c1-2-3-4-5-6-13-22-27-23-18-20-26(21-19-23)28(24-14-9-7-10-15-24)25-16-11-8-12-17-25;3-2(4,5)1(6)7/h7-12,14-21H,2-6,13,22H2,1H3;(H,6,7)/q+1;/p-1. The summed E-state index contributed by atoms with van der Waals surface area (Å²) in [5.74, 6) is -2.03. The van der Waals surface area contributed by atoms with E-state index in [1.54, 1.807) is 0 Å². The van der Waals surface area contributed by atoms with Crippen LogP contribution in [0.4, 0.5) is 13.2 Å². The van der Waals surface area contributed by atoms with Crippen LogP contribution >= 0.6 is 0 Å². The molecule has 0 spiro atoms. The molecule has 35 heavy (non-hydrogen) atoms. The molecule has 0 aromatic heterocycles. The number of halogens is 3. The van der Waals surface area contributed by atoms with E-state index in [0.29, 0.717) is 0 Å². The van der Waals surface area contributed by atoms with Crippen LogP contribution in [0.15, 0.2) is 99.6 Å². The molecule has 0 radical (unpaired) electrons. The molecule has 3 nitrogen and oxygen atoms in total. The minimum atomic E-state index is -5.19. The van der Waals surface area contributed by atoms with Crippen molar-refractivity contribution >= 4 is 16.9 Å². The smallest absolute Gasteiger partial charge is 0.430 e. The Morgan fingerprint density at radius 2 is 1.17 bits per heavy atom. The molecule has 0 aliphatic rings. The summed E-state index contributed by atoms with van der Waals surface area (Å²) in [5.41, 5.74) is 0. The highest BCUT2D eigenvalue weighted by Crippen LogP contribution is 2.31. The SMILES string of the molecule is CCCCCCCCOc1ccc([S+](c2ccccc2)c2ccccc2)cc1.O=C([O-])C(F)(F)F. The van der Waals surface area contributed by atoms with Crippen molar-refractivity contribution in [1.82, 2.24) is 0 Å². The summed E-state index contributed by atoms with van der Waals surface area (Å²) in [4.78, 5) is 12.8. The molecule has 0 unspecified atom stereocenters. The molecule has 188 valence electrons. The van der Waals surface area contributed by atoms with Crippen LogP contribution in [0.1, 0.15) is 45.4 Å². The lowest BCUT2D eigenvalue weighted by atomic mass is 10.1. The third kappa shape index (κ3) is 10.5. The Balaban J connectivity index is 0.000000540. The summed E-state index contributed by atoms with van der Waals surface area (Å²) in [6, 6.07) is 30.2. The molecule has 0 amide bonds. The maximum Gasteiger partial charge on any atom is 0.430 e. The molecule has 3 aromatic carbocycles. The van der Waals surface area contributed by atoms with E-state index in [4.69, 9.17) is 14.6 Å². The number of benzene rings is 3. The summed E-state index contributed by atoms with van der Waals surface area (Å²) in [6.07, 6.45) is 2.55. The minimum Gasteiger partial charge on any atom is -0.542 e. The van der Waals surface area contributed by atoms with Gasteiger partial charge in [-0.15, -0.1) is 0 Å². The van der Waals surface area contributed by atoms with Gasteiger partial charge >= 0.3 is 6.18 Å². The van der Waals surface area contributed by atoms with Gasteiger partial charge in [0.1, 0.15) is 11.7 Å². The van der Waals surface area contributed by atoms with E-state index in [-0.39, 0.29) is 10.9 Å². The fraction of sp³-hybridized carbons (Fsp3) is 0.321. The maximum absolute atomic E-state index is 10.5. The number of carboxylic acids is 1. The van der Waals surface area contributed by atoms with E-state index in [9.17, 15) is 13.2 Å². The molecule has 0 saturated heterocycles. The normalized spacial score (nSPS) is 11.0. The monoisotopic (exact) mass is 504 g/mol. The molecule has 0 aliphatic carbocycles. The zero-order chi connectivity index (χ0) is 25.5. The van der Waals surface area contributed by atoms with Gasteiger partial charge in [0.15, 0.2) is 14.7 Å². The Kier molecular flexibility index (Phi) is 12.2. The highest BCUT2D eigenvalue weighted by Gasteiger charge is 2.29. The Morgan fingerprint density at radius 1 is 0.743 bits per heavy atom.